The van der Waals surface area contributed by atoms with Gasteiger partial charge in [-0.1, -0.05) is 12.1 Å². The summed E-state index contributed by atoms with van der Waals surface area (Å²) in [6.45, 7) is 3.64. The smallest absolute Gasteiger partial charge is 0.368 e. The fraction of sp³-hybridized carbons (Fsp3) is 0.333. The Morgan fingerprint density at radius 3 is 2.26 bits per heavy atom. The molecule has 9 heteroatoms. The van der Waals surface area contributed by atoms with Crippen LogP contribution >= 0.6 is 0 Å². The molecule has 2 aromatic heterocycles. The maximum absolute atomic E-state index is 13.0. The van der Waals surface area contributed by atoms with E-state index in [1.165, 1.54) is 18.3 Å². The van der Waals surface area contributed by atoms with Gasteiger partial charge in [0.05, 0.1) is 5.69 Å². The minimum absolute atomic E-state index is 0.168. The van der Waals surface area contributed by atoms with Gasteiger partial charge >= 0.3 is 6.18 Å². The van der Waals surface area contributed by atoms with Crippen LogP contribution in [0.2, 0.25) is 0 Å². The summed E-state index contributed by atoms with van der Waals surface area (Å²) in [5, 5.41) is 6.83. The molecule has 0 unspecified atom stereocenters. The number of fused-ring (bicyclic) bond motifs is 1. The van der Waals surface area contributed by atoms with Crippen molar-refractivity contribution in [2.75, 3.05) is 31.1 Å². The molecule has 3 heterocycles. The van der Waals surface area contributed by atoms with Gasteiger partial charge in [-0.05, 0) is 29.8 Å². The van der Waals surface area contributed by atoms with Crippen LogP contribution in [0.3, 0.4) is 0 Å². The molecule has 1 saturated heterocycles. The highest BCUT2D eigenvalue weighted by Gasteiger charge is 2.37. The number of rotatable bonds is 3. The standard InChI is InChI=1S/C18H17F4N5/c19-14-3-1-13(2-4-14)11-25-7-9-26(10-8-25)15-5-6-16-23-24-17(18(20,21)22)27(16)12-15/h1-6,12H,7-11H2. The maximum atomic E-state index is 13.0. The van der Waals surface area contributed by atoms with Gasteiger partial charge in [0, 0.05) is 38.9 Å². The zero-order chi connectivity index (χ0) is 19.0. The molecule has 0 radical (unpaired) electrons. The Bertz CT molecular complexity index is 927. The Balaban J connectivity index is 1.45. The third kappa shape index (κ3) is 3.73. The molecular formula is C18H17F4N5. The number of halogens is 4. The normalized spacial score (nSPS) is 16.2. The number of anilines is 1. The van der Waals surface area contributed by atoms with Crippen molar-refractivity contribution in [1.82, 2.24) is 19.5 Å². The van der Waals surface area contributed by atoms with E-state index in [-0.39, 0.29) is 11.5 Å². The number of hydrogen-bond acceptors (Lipinski definition) is 4. The fourth-order valence-corrected chi connectivity index (χ4v) is 3.27. The number of nitrogens with zero attached hydrogens (tertiary/aromatic N) is 5. The van der Waals surface area contributed by atoms with Gasteiger partial charge in [0.15, 0.2) is 5.65 Å². The van der Waals surface area contributed by atoms with E-state index in [0.717, 1.165) is 29.6 Å². The number of hydrogen-bond donors (Lipinski definition) is 0. The minimum Gasteiger partial charge on any atom is -0.368 e. The summed E-state index contributed by atoms with van der Waals surface area (Å²) in [7, 11) is 0. The molecule has 1 aliphatic heterocycles. The number of piperazine rings is 1. The largest absolute Gasteiger partial charge is 0.452 e. The van der Waals surface area contributed by atoms with E-state index in [1.807, 2.05) is 4.90 Å². The van der Waals surface area contributed by atoms with E-state index in [2.05, 4.69) is 15.1 Å². The number of aromatic nitrogens is 3. The molecule has 1 aliphatic rings. The van der Waals surface area contributed by atoms with Gasteiger partial charge < -0.3 is 4.90 Å². The first-order valence-corrected chi connectivity index (χ1v) is 8.54. The summed E-state index contributed by atoms with van der Waals surface area (Å²) in [5.41, 5.74) is 1.90. The van der Waals surface area contributed by atoms with Crippen LogP contribution in [0.15, 0.2) is 42.6 Å². The molecule has 142 valence electrons. The highest BCUT2D eigenvalue weighted by atomic mass is 19.4. The molecule has 4 rings (SSSR count). The van der Waals surface area contributed by atoms with Gasteiger partial charge in [0.1, 0.15) is 5.82 Å². The molecule has 0 amide bonds. The zero-order valence-corrected chi connectivity index (χ0v) is 14.3. The molecule has 27 heavy (non-hydrogen) atoms. The number of alkyl halides is 3. The summed E-state index contributed by atoms with van der Waals surface area (Å²) in [5.74, 6) is -1.28. The molecule has 0 bridgehead atoms. The Morgan fingerprint density at radius 1 is 0.889 bits per heavy atom. The third-order valence-corrected chi connectivity index (χ3v) is 4.70. The van der Waals surface area contributed by atoms with Gasteiger partial charge in [0.2, 0.25) is 5.82 Å². The van der Waals surface area contributed by atoms with Crippen LogP contribution in [0.4, 0.5) is 23.2 Å². The van der Waals surface area contributed by atoms with Crippen molar-refractivity contribution in [3.05, 3.63) is 59.8 Å². The van der Waals surface area contributed by atoms with Crippen LogP contribution in [-0.4, -0.2) is 45.7 Å². The maximum Gasteiger partial charge on any atom is 0.452 e. The van der Waals surface area contributed by atoms with Crippen LogP contribution < -0.4 is 4.90 Å². The molecule has 5 nitrogen and oxygen atoms in total. The third-order valence-electron chi connectivity index (χ3n) is 4.70. The van der Waals surface area contributed by atoms with E-state index >= 15 is 0 Å². The molecule has 0 atom stereocenters. The molecule has 0 N–H and O–H groups in total. The van der Waals surface area contributed by atoms with Crippen LogP contribution in [-0.2, 0) is 12.7 Å². The van der Waals surface area contributed by atoms with Gasteiger partial charge in [-0.2, -0.15) is 13.2 Å². The summed E-state index contributed by atoms with van der Waals surface area (Å²) in [6.07, 6.45) is -3.11. The quantitative estimate of drug-likeness (QED) is 0.655. The van der Waals surface area contributed by atoms with Gasteiger partial charge in [-0.15, -0.1) is 10.2 Å². The molecule has 0 saturated carbocycles. The van der Waals surface area contributed by atoms with E-state index in [4.69, 9.17) is 0 Å². The van der Waals surface area contributed by atoms with Crippen molar-refractivity contribution in [2.45, 2.75) is 12.7 Å². The van der Waals surface area contributed by atoms with Crippen molar-refractivity contribution in [1.29, 1.82) is 0 Å². The second kappa shape index (κ2) is 6.80. The first-order chi connectivity index (χ1) is 12.9. The molecular weight excluding hydrogens is 362 g/mol. The van der Waals surface area contributed by atoms with Crippen LogP contribution in [0.1, 0.15) is 11.4 Å². The molecule has 0 spiro atoms. The van der Waals surface area contributed by atoms with Crippen LogP contribution in [0.25, 0.3) is 5.65 Å². The van der Waals surface area contributed by atoms with Gasteiger partial charge in [-0.3, -0.25) is 9.30 Å². The summed E-state index contributed by atoms with van der Waals surface area (Å²) in [4.78, 5) is 4.28. The molecule has 0 aliphatic carbocycles. The fourth-order valence-electron chi connectivity index (χ4n) is 3.27. The Morgan fingerprint density at radius 2 is 1.59 bits per heavy atom. The van der Waals surface area contributed by atoms with Gasteiger partial charge in [0.25, 0.3) is 0 Å². The zero-order valence-electron chi connectivity index (χ0n) is 14.3. The Hall–Kier alpha value is -2.68. The predicted molar refractivity (Wildman–Crippen MR) is 91.9 cm³/mol. The second-order valence-corrected chi connectivity index (χ2v) is 6.53. The second-order valence-electron chi connectivity index (χ2n) is 6.53. The first-order valence-electron chi connectivity index (χ1n) is 8.54. The van der Waals surface area contributed by atoms with Crippen molar-refractivity contribution in [3.63, 3.8) is 0 Å². The summed E-state index contributed by atoms with van der Waals surface area (Å²) < 4.78 is 53.1. The molecule has 3 aromatic rings. The lowest BCUT2D eigenvalue weighted by atomic mass is 10.2. The number of pyridine rings is 1. The van der Waals surface area contributed by atoms with Crippen LogP contribution in [0.5, 0.6) is 0 Å². The van der Waals surface area contributed by atoms with Crippen molar-refractivity contribution >= 4 is 11.3 Å². The van der Waals surface area contributed by atoms with E-state index in [9.17, 15) is 17.6 Å². The van der Waals surface area contributed by atoms with Crippen molar-refractivity contribution in [3.8, 4) is 0 Å². The summed E-state index contributed by atoms with van der Waals surface area (Å²) in [6, 6.07) is 9.72. The molecule has 1 fully saturated rings. The lowest BCUT2D eigenvalue weighted by Crippen LogP contribution is -2.46. The SMILES string of the molecule is Fc1ccc(CN2CCN(c3ccc4nnc(C(F)(F)F)n4c3)CC2)cc1. The van der Waals surface area contributed by atoms with E-state index in [0.29, 0.717) is 18.8 Å². The van der Waals surface area contributed by atoms with Gasteiger partial charge in [-0.25, -0.2) is 4.39 Å². The predicted octanol–water partition coefficient (Wildman–Crippen LogP) is 3.21. The molecule has 1 aromatic carbocycles. The highest BCUT2D eigenvalue weighted by molar-refractivity contribution is 5.52. The van der Waals surface area contributed by atoms with E-state index in [1.54, 1.807) is 24.3 Å². The lowest BCUT2D eigenvalue weighted by Gasteiger charge is -2.36. The van der Waals surface area contributed by atoms with Crippen molar-refractivity contribution < 1.29 is 17.6 Å². The Kier molecular flexibility index (Phi) is 4.47. The highest BCUT2D eigenvalue weighted by Crippen LogP contribution is 2.29. The topological polar surface area (TPSA) is 36.7 Å². The van der Waals surface area contributed by atoms with E-state index < -0.39 is 12.0 Å². The average Bonchev–Trinajstić information content (AvgIpc) is 3.08. The Labute approximate surface area is 152 Å². The lowest BCUT2D eigenvalue weighted by molar-refractivity contribution is -0.145. The minimum atomic E-state index is -4.55. The average molecular weight is 379 g/mol. The van der Waals surface area contributed by atoms with Crippen molar-refractivity contribution in [2.24, 2.45) is 0 Å². The summed E-state index contributed by atoms with van der Waals surface area (Å²) >= 11 is 0. The monoisotopic (exact) mass is 379 g/mol. The number of benzene rings is 1. The van der Waals surface area contributed by atoms with Crippen LogP contribution in [0, 0.1) is 5.82 Å². The first kappa shape index (κ1) is 17.7.